The second-order valence-corrected chi connectivity index (χ2v) is 6.02. The van der Waals surface area contributed by atoms with E-state index in [0.29, 0.717) is 0 Å². The summed E-state index contributed by atoms with van der Waals surface area (Å²) in [6.45, 7) is 9.44. The summed E-state index contributed by atoms with van der Waals surface area (Å²) < 4.78 is 0. The van der Waals surface area contributed by atoms with E-state index in [-0.39, 0.29) is 24.3 Å². The standard InChI is InChI=1S/C15H29NO3/c1-6-7-8-9-12(4)16-13(17)10-15(5,11(2)3)14(18)19/h11-12H,6-10H2,1-5H3,(H,16,17)(H,18,19). The minimum atomic E-state index is -0.993. The molecule has 4 nitrogen and oxygen atoms in total. The van der Waals surface area contributed by atoms with Crippen LogP contribution in [-0.2, 0) is 9.59 Å². The van der Waals surface area contributed by atoms with Crippen molar-refractivity contribution in [3.8, 4) is 0 Å². The van der Waals surface area contributed by atoms with E-state index in [1.54, 1.807) is 6.92 Å². The molecule has 0 fully saturated rings. The van der Waals surface area contributed by atoms with Crippen molar-refractivity contribution in [2.75, 3.05) is 0 Å². The lowest BCUT2D eigenvalue weighted by Crippen LogP contribution is -2.41. The third-order valence-electron chi connectivity index (χ3n) is 3.94. The Hall–Kier alpha value is -1.06. The van der Waals surface area contributed by atoms with Gasteiger partial charge in [0.15, 0.2) is 0 Å². The van der Waals surface area contributed by atoms with Crippen molar-refractivity contribution in [3.63, 3.8) is 0 Å². The Morgan fingerprint density at radius 3 is 2.21 bits per heavy atom. The number of amides is 1. The summed E-state index contributed by atoms with van der Waals surface area (Å²) in [7, 11) is 0. The molecule has 2 atom stereocenters. The Labute approximate surface area is 117 Å². The number of carboxylic acids is 1. The average molecular weight is 271 g/mol. The van der Waals surface area contributed by atoms with E-state index >= 15 is 0 Å². The van der Waals surface area contributed by atoms with Gasteiger partial charge < -0.3 is 10.4 Å². The summed E-state index contributed by atoms with van der Waals surface area (Å²) in [5, 5.41) is 12.2. The van der Waals surface area contributed by atoms with Gasteiger partial charge in [-0.15, -0.1) is 0 Å². The average Bonchev–Trinajstić information content (AvgIpc) is 2.28. The van der Waals surface area contributed by atoms with Gasteiger partial charge in [0.25, 0.3) is 0 Å². The maximum Gasteiger partial charge on any atom is 0.310 e. The molecule has 0 saturated heterocycles. The predicted octanol–water partition coefficient (Wildman–Crippen LogP) is 3.21. The van der Waals surface area contributed by atoms with E-state index < -0.39 is 11.4 Å². The Morgan fingerprint density at radius 2 is 1.79 bits per heavy atom. The summed E-state index contributed by atoms with van der Waals surface area (Å²) >= 11 is 0. The Morgan fingerprint density at radius 1 is 1.21 bits per heavy atom. The van der Waals surface area contributed by atoms with Crippen molar-refractivity contribution < 1.29 is 14.7 Å². The lowest BCUT2D eigenvalue weighted by Gasteiger charge is -2.29. The topological polar surface area (TPSA) is 66.4 Å². The molecule has 0 spiro atoms. The zero-order valence-electron chi connectivity index (χ0n) is 13.0. The molecule has 19 heavy (non-hydrogen) atoms. The van der Waals surface area contributed by atoms with Gasteiger partial charge in [-0.3, -0.25) is 9.59 Å². The zero-order valence-corrected chi connectivity index (χ0v) is 13.0. The summed E-state index contributed by atoms with van der Waals surface area (Å²) in [5.74, 6) is -1.15. The van der Waals surface area contributed by atoms with Crippen LogP contribution in [0.2, 0.25) is 0 Å². The molecule has 2 unspecified atom stereocenters. The van der Waals surface area contributed by atoms with Gasteiger partial charge in [-0.05, 0) is 26.2 Å². The first-order valence-corrected chi connectivity index (χ1v) is 7.26. The van der Waals surface area contributed by atoms with Crippen LogP contribution >= 0.6 is 0 Å². The van der Waals surface area contributed by atoms with Crippen LogP contribution in [0.15, 0.2) is 0 Å². The van der Waals surface area contributed by atoms with E-state index in [4.69, 9.17) is 0 Å². The molecule has 0 aliphatic carbocycles. The highest BCUT2D eigenvalue weighted by atomic mass is 16.4. The van der Waals surface area contributed by atoms with E-state index in [9.17, 15) is 14.7 Å². The summed E-state index contributed by atoms with van der Waals surface area (Å²) in [6, 6.07) is 0.115. The second kappa shape index (κ2) is 8.18. The van der Waals surface area contributed by atoms with Crippen molar-refractivity contribution in [1.29, 1.82) is 0 Å². The molecule has 1 amide bonds. The quantitative estimate of drug-likeness (QED) is 0.633. The predicted molar refractivity (Wildman–Crippen MR) is 76.9 cm³/mol. The van der Waals surface area contributed by atoms with Gasteiger partial charge in [-0.1, -0.05) is 40.0 Å². The number of rotatable bonds is 9. The highest BCUT2D eigenvalue weighted by Gasteiger charge is 2.38. The smallest absolute Gasteiger partial charge is 0.310 e. The highest BCUT2D eigenvalue weighted by molar-refractivity contribution is 5.85. The third kappa shape index (κ3) is 6.08. The van der Waals surface area contributed by atoms with Crippen LogP contribution in [0.1, 0.15) is 66.7 Å². The third-order valence-corrected chi connectivity index (χ3v) is 3.94. The number of nitrogens with one attached hydrogen (secondary N) is 1. The molecule has 0 radical (unpaired) electrons. The monoisotopic (exact) mass is 271 g/mol. The van der Waals surface area contributed by atoms with Gasteiger partial charge in [-0.2, -0.15) is 0 Å². The first kappa shape index (κ1) is 17.9. The minimum Gasteiger partial charge on any atom is -0.481 e. The molecule has 0 heterocycles. The molecular formula is C15H29NO3. The van der Waals surface area contributed by atoms with E-state index in [1.165, 1.54) is 6.42 Å². The number of carbonyl (C=O) groups is 2. The molecule has 0 aliphatic rings. The summed E-state index contributed by atoms with van der Waals surface area (Å²) in [5.41, 5.74) is -0.993. The van der Waals surface area contributed by atoms with Crippen LogP contribution in [0.5, 0.6) is 0 Å². The molecule has 0 aromatic heterocycles. The molecule has 112 valence electrons. The van der Waals surface area contributed by atoms with Gasteiger partial charge in [-0.25, -0.2) is 0 Å². The van der Waals surface area contributed by atoms with Gasteiger partial charge in [0.1, 0.15) is 0 Å². The zero-order chi connectivity index (χ0) is 15.1. The van der Waals surface area contributed by atoms with Crippen LogP contribution in [0.3, 0.4) is 0 Å². The van der Waals surface area contributed by atoms with E-state index in [1.807, 2.05) is 20.8 Å². The van der Waals surface area contributed by atoms with Crippen molar-refractivity contribution in [2.45, 2.75) is 72.8 Å². The van der Waals surface area contributed by atoms with Crippen LogP contribution in [0.25, 0.3) is 0 Å². The van der Waals surface area contributed by atoms with Crippen LogP contribution in [0, 0.1) is 11.3 Å². The summed E-state index contributed by atoms with van der Waals surface area (Å²) in [4.78, 5) is 23.3. The fourth-order valence-corrected chi connectivity index (χ4v) is 1.96. The fraction of sp³-hybridized carbons (Fsp3) is 0.867. The maximum absolute atomic E-state index is 11.9. The van der Waals surface area contributed by atoms with Crippen molar-refractivity contribution >= 4 is 11.9 Å². The lowest BCUT2D eigenvalue weighted by molar-refractivity contribution is -0.153. The normalized spacial score (nSPS) is 15.9. The summed E-state index contributed by atoms with van der Waals surface area (Å²) in [6.07, 6.45) is 4.41. The maximum atomic E-state index is 11.9. The Bertz CT molecular complexity index is 302. The van der Waals surface area contributed by atoms with Gasteiger partial charge in [0.05, 0.1) is 5.41 Å². The molecule has 0 aliphatic heterocycles. The lowest BCUT2D eigenvalue weighted by atomic mass is 9.76. The number of unbranched alkanes of at least 4 members (excludes halogenated alkanes) is 2. The largest absolute Gasteiger partial charge is 0.481 e. The Kier molecular flexibility index (Phi) is 7.72. The minimum absolute atomic E-state index is 0.0398. The van der Waals surface area contributed by atoms with Crippen LogP contribution < -0.4 is 5.32 Å². The van der Waals surface area contributed by atoms with Crippen LogP contribution in [-0.4, -0.2) is 23.0 Å². The molecule has 0 saturated carbocycles. The van der Waals surface area contributed by atoms with Crippen molar-refractivity contribution in [3.05, 3.63) is 0 Å². The number of carboxylic acid groups (broad SMARTS) is 1. The molecule has 0 aromatic rings. The molecular weight excluding hydrogens is 242 g/mol. The molecule has 4 heteroatoms. The SMILES string of the molecule is CCCCCC(C)NC(=O)CC(C)(C(=O)O)C(C)C. The molecule has 0 aromatic carbocycles. The van der Waals surface area contributed by atoms with Gasteiger partial charge in [0.2, 0.25) is 5.91 Å². The van der Waals surface area contributed by atoms with Crippen LogP contribution in [0.4, 0.5) is 0 Å². The second-order valence-electron chi connectivity index (χ2n) is 6.02. The first-order chi connectivity index (χ1) is 8.74. The number of carbonyl (C=O) groups excluding carboxylic acids is 1. The first-order valence-electron chi connectivity index (χ1n) is 7.26. The number of hydrogen-bond donors (Lipinski definition) is 2. The van der Waals surface area contributed by atoms with E-state index in [2.05, 4.69) is 12.2 Å². The molecule has 2 N–H and O–H groups in total. The molecule has 0 rings (SSSR count). The number of aliphatic carboxylic acids is 1. The highest BCUT2D eigenvalue weighted by Crippen LogP contribution is 2.31. The van der Waals surface area contributed by atoms with Crippen molar-refractivity contribution in [1.82, 2.24) is 5.32 Å². The van der Waals surface area contributed by atoms with Gasteiger partial charge in [0, 0.05) is 12.5 Å². The number of hydrogen-bond acceptors (Lipinski definition) is 2. The van der Waals surface area contributed by atoms with Crippen molar-refractivity contribution in [2.24, 2.45) is 11.3 Å². The fourth-order valence-electron chi connectivity index (χ4n) is 1.96. The van der Waals surface area contributed by atoms with Gasteiger partial charge >= 0.3 is 5.97 Å². The Balaban J connectivity index is 4.32. The van der Waals surface area contributed by atoms with E-state index in [0.717, 1.165) is 19.3 Å². The molecule has 0 bridgehead atoms.